The van der Waals surface area contributed by atoms with Gasteiger partial charge in [-0.15, -0.1) is 0 Å². The zero-order valence-electron chi connectivity index (χ0n) is 33.3. The molecule has 6 fully saturated rings. The van der Waals surface area contributed by atoms with E-state index >= 15 is 0 Å². The van der Waals surface area contributed by atoms with E-state index in [0.29, 0.717) is 49.1 Å². The van der Waals surface area contributed by atoms with Gasteiger partial charge in [0.15, 0.2) is 0 Å². The van der Waals surface area contributed by atoms with Gasteiger partial charge in [0.2, 0.25) is 5.91 Å². The predicted molar refractivity (Wildman–Crippen MR) is 201 cm³/mol. The summed E-state index contributed by atoms with van der Waals surface area (Å²) in [7, 11) is -3.76. The third-order valence-corrected chi connectivity index (χ3v) is 18.2. The summed E-state index contributed by atoms with van der Waals surface area (Å²) in [5, 5.41) is 15.0. The van der Waals surface area contributed by atoms with Crippen LogP contribution in [0.1, 0.15) is 132 Å². The van der Waals surface area contributed by atoms with Crippen LogP contribution in [0.3, 0.4) is 0 Å². The molecule has 0 bridgehead atoms. The van der Waals surface area contributed by atoms with Crippen LogP contribution in [0, 0.1) is 62.1 Å². The van der Waals surface area contributed by atoms with Crippen molar-refractivity contribution in [1.29, 1.82) is 0 Å². The zero-order chi connectivity index (χ0) is 38.4. The maximum Gasteiger partial charge on any atom is 0.309 e. The molecule has 10 nitrogen and oxygen atoms in total. The molecule has 0 spiro atoms. The molecule has 0 unspecified atom stereocenters. The van der Waals surface area contributed by atoms with Gasteiger partial charge in [0, 0.05) is 38.0 Å². The van der Waals surface area contributed by atoms with Crippen molar-refractivity contribution in [1.82, 2.24) is 9.21 Å². The average Bonchev–Trinajstić information content (AvgIpc) is 3.42. The largest absolute Gasteiger partial charge is 0.481 e. The number of nitrogens with zero attached hydrogens (tertiary/aromatic N) is 2. The molecule has 0 aromatic heterocycles. The van der Waals surface area contributed by atoms with E-state index in [1.165, 1.54) is 9.88 Å². The van der Waals surface area contributed by atoms with Crippen molar-refractivity contribution in [2.24, 2.45) is 67.2 Å². The summed E-state index contributed by atoms with van der Waals surface area (Å²) in [6, 6.07) is 0. The highest BCUT2D eigenvalue weighted by atomic mass is 32.2. The lowest BCUT2D eigenvalue weighted by Crippen LogP contribution is -2.67. The van der Waals surface area contributed by atoms with Gasteiger partial charge in [-0.25, -0.2) is 5.14 Å². The molecule has 0 radical (unpaired) electrons. The first-order valence-corrected chi connectivity index (χ1v) is 21.6. The number of esters is 1. The number of nitrogens with two attached hydrogens (primary N) is 1. The van der Waals surface area contributed by atoms with Crippen LogP contribution in [0.25, 0.3) is 0 Å². The summed E-state index contributed by atoms with van der Waals surface area (Å²) in [5.41, 5.74) is 0.142. The van der Waals surface area contributed by atoms with Crippen LogP contribution in [-0.2, 0) is 29.3 Å². The lowest BCUT2D eigenvalue weighted by atomic mass is 9.32. The van der Waals surface area contributed by atoms with Crippen LogP contribution in [-0.4, -0.2) is 72.9 Å². The lowest BCUT2D eigenvalue weighted by molar-refractivity contribution is -0.250. The summed E-state index contributed by atoms with van der Waals surface area (Å²) in [6.45, 7) is 23.4. The van der Waals surface area contributed by atoms with E-state index < -0.39 is 27.6 Å². The number of carboxylic acids is 1. The number of hydrogen-bond donors (Lipinski definition) is 2. The summed E-state index contributed by atoms with van der Waals surface area (Å²) in [5.74, 6) is 0.988. The van der Waals surface area contributed by atoms with E-state index in [1.807, 2.05) is 4.90 Å². The number of rotatable bonds is 8. The number of piperazine rings is 1. The van der Waals surface area contributed by atoms with Gasteiger partial charge in [0.25, 0.3) is 10.2 Å². The predicted octanol–water partition coefficient (Wildman–Crippen LogP) is 6.79. The van der Waals surface area contributed by atoms with E-state index in [-0.39, 0.29) is 58.6 Å². The Morgan fingerprint density at radius 1 is 0.865 bits per heavy atom. The Morgan fingerprint density at radius 2 is 1.52 bits per heavy atom. The second kappa shape index (κ2) is 13.1. The summed E-state index contributed by atoms with van der Waals surface area (Å²) in [4.78, 5) is 40.8. The van der Waals surface area contributed by atoms with Crippen molar-refractivity contribution in [3.05, 3.63) is 12.2 Å². The molecule has 1 heterocycles. The monoisotopic (exact) mass is 745 g/mol. The minimum absolute atomic E-state index is 0.0641. The molecular formula is C41H67N3O7S. The number of amides is 1. The first-order valence-electron chi connectivity index (χ1n) is 20.1. The Morgan fingerprint density at radius 3 is 2.12 bits per heavy atom. The number of ether oxygens (including phenoxy) is 1. The van der Waals surface area contributed by atoms with Crippen LogP contribution < -0.4 is 5.14 Å². The Hall–Kier alpha value is -1.98. The first-order chi connectivity index (χ1) is 23.9. The second-order valence-corrected chi connectivity index (χ2v) is 21.8. The molecule has 294 valence electrons. The SMILES string of the molecule is C=C(C)[C@@H]1CC[C@]2(CC(=O)N3CCN(S(N)(=O)=O)CC3)CC[C@]3(C)[C@H](CC[C@@H]4[C@@]5(C)CC[C@H](OC(=O)CC(C)(C)C(=O)O)C(C)(C)[C@@H]5CC[C@]43C)[C@@H]12. The zero-order valence-corrected chi connectivity index (χ0v) is 34.1. The molecule has 10 atom stereocenters. The molecule has 0 aromatic rings. The highest BCUT2D eigenvalue weighted by Crippen LogP contribution is 2.78. The maximum atomic E-state index is 14.1. The normalized spacial score (nSPS) is 41.9. The topological polar surface area (TPSA) is 147 Å². The summed E-state index contributed by atoms with van der Waals surface area (Å²) in [6.07, 6.45) is 10.8. The Bertz CT molecular complexity index is 1590. The number of fused-ring (bicyclic) bond motifs is 7. The molecule has 1 amide bonds. The van der Waals surface area contributed by atoms with Gasteiger partial charge in [-0.3, -0.25) is 14.4 Å². The van der Waals surface area contributed by atoms with Crippen molar-refractivity contribution in [3.63, 3.8) is 0 Å². The van der Waals surface area contributed by atoms with Gasteiger partial charge >= 0.3 is 11.9 Å². The lowest BCUT2D eigenvalue weighted by Gasteiger charge is -2.73. The fourth-order valence-electron chi connectivity index (χ4n) is 14.0. The van der Waals surface area contributed by atoms with Crippen LogP contribution in [0.15, 0.2) is 12.2 Å². The quantitative estimate of drug-likeness (QED) is 0.205. The number of hydrogen-bond acceptors (Lipinski definition) is 6. The molecule has 3 N–H and O–H groups in total. The molecule has 11 heteroatoms. The van der Waals surface area contributed by atoms with E-state index in [9.17, 15) is 27.9 Å². The van der Waals surface area contributed by atoms with Gasteiger partial charge < -0.3 is 14.7 Å². The molecule has 1 saturated heterocycles. The minimum atomic E-state index is -3.76. The first kappa shape index (κ1) is 39.7. The summed E-state index contributed by atoms with van der Waals surface area (Å²) >= 11 is 0. The molecule has 52 heavy (non-hydrogen) atoms. The van der Waals surface area contributed by atoms with E-state index in [0.717, 1.165) is 64.2 Å². The standard InChI is InChI=1S/C41H67N3O7S/c1-26(2)27-12-17-41(24-32(45)43-20-22-44(23-21-43)52(42,49)50)19-18-39(8)28(34(27)41)10-11-30-38(7)15-14-31(51-33(46)25-36(3,4)35(47)48)37(5,6)29(38)13-16-40(30,39)9/h27-31,34H,1,10-25H2,2-9H3,(H,47,48)(H2,42,49,50)/t27-,28+,29-,30+,31-,34+,38-,39+,40+,41+/m0/s1. The van der Waals surface area contributed by atoms with E-state index in [2.05, 4.69) is 48.1 Å². The number of carbonyl (C=O) groups is 3. The van der Waals surface area contributed by atoms with Gasteiger partial charge in [-0.2, -0.15) is 12.7 Å². The Kier molecular flexibility index (Phi) is 9.97. The minimum Gasteiger partial charge on any atom is -0.481 e. The average molecular weight is 746 g/mol. The molecule has 5 aliphatic carbocycles. The van der Waals surface area contributed by atoms with Crippen molar-refractivity contribution in [2.45, 2.75) is 139 Å². The third-order valence-electron chi connectivity index (χ3n) is 17.1. The molecule has 1 aliphatic heterocycles. The Balaban J connectivity index is 1.23. The fraction of sp³-hybridized carbons (Fsp3) is 0.878. The highest BCUT2D eigenvalue weighted by Gasteiger charge is 2.71. The van der Waals surface area contributed by atoms with Crippen LogP contribution in [0.5, 0.6) is 0 Å². The number of carbonyl (C=O) groups excluding carboxylic acids is 2. The smallest absolute Gasteiger partial charge is 0.309 e. The van der Waals surface area contributed by atoms with Gasteiger partial charge in [0.1, 0.15) is 6.10 Å². The van der Waals surface area contributed by atoms with E-state index in [4.69, 9.17) is 9.88 Å². The van der Waals surface area contributed by atoms with Gasteiger partial charge in [-0.05, 0) is 136 Å². The maximum absolute atomic E-state index is 14.1. The third kappa shape index (κ3) is 6.18. The number of carboxylic acid groups (broad SMARTS) is 1. The molecule has 5 saturated carbocycles. The molecular weight excluding hydrogens is 679 g/mol. The number of aliphatic carboxylic acids is 1. The molecule has 6 rings (SSSR count). The second-order valence-electron chi connectivity index (χ2n) is 20.3. The van der Waals surface area contributed by atoms with E-state index in [1.54, 1.807) is 13.8 Å². The van der Waals surface area contributed by atoms with Crippen molar-refractivity contribution in [3.8, 4) is 0 Å². The van der Waals surface area contributed by atoms with Crippen LogP contribution >= 0.6 is 0 Å². The summed E-state index contributed by atoms with van der Waals surface area (Å²) < 4.78 is 31.3. The fourth-order valence-corrected chi connectivity index (χ4v) is 14.7. The number of allylic oxidation sites excluding steroid dienone is 1. The van der Waals surface area contributed by atoms with Crippen molar-refractivity contribution < 1.29 is 32.6 Å². The Labute approximate surface area is 313 Å². The van der Waals surface area contributed by atoms with Crippen LogP contribution in [0.2, 0.25) is 0 Å². The van der Waals surface area contributed by atoms with Crippen LogP contribution in [0.4, 0.5) is 0 Å². The van der Waals surface area contributed by atoms with Gasteiger partial charge in [-0.1, -0.05) is 46.8 Å². The highest BCUT2D eigenvalue weighted by molar-refractivity contribution is 7.86. The van der Waals surface area contributed by atoms with Crippen molar-refractivity contribution >= 4 is 28.1 Å². The molecule has 0 aromatic carbocycles. The van der Waals surface area contributed by atoms with Crippen molar-refractivity contribution in [2.75, 3.05) is 26.2 Å². The van der Waals surface area contributed by atoms with Gasteiger partial charge in [0.05, 0.1) is 11.8 Å². The molecule has 6 aliphatic rings.